The van der Waals surface area contributed by atoms with Gasteiger partial charge < -0.3 is 4.74 Å². The summed E-state index contributed by atoms with van der Waals surface area (Å²) in [6.07, 6.45) is 5.79. The van der Waals surface area contributed by atoms with E-state index in [0.29, 0.717) is 12.2 Å². The Bertz CT molecular complexity index is 486. The van der Waals surface area contributed by atoms with Gasteiger partial charge in [0.25, 0.3) is 0 Å². The summed E-state index contributed by atoms with van der Waals surface area (Å²) >= 11 is 1.66. The molecule has 0 aromatic carbocycles. The van der Waals surface area contributed by atoms with Crippen molar-refractivity contribution in [2.75, 3.05) is 6.61 Å². The molecule has 0 atom stereocenters. The summed E-state index contributed by atoms with van der Waals surface area (Å²) in [5, 5.41) is 3.13. The van der Waals surface area contributed by atoms with Gasteiger partial charge in [-0.3, -0.25) is 0 Å². The number of ether oxygens (including phenoxy) is 1. The van der Waals surface area contributed by atoms with Gasteiger partial charge in [-0.1, -0.05) is 11.6 Å². The topological polar surface area (TPSA) is 39.2 Å². The average Bonchev–Trinajstić information content (AvgIpc) is 2.74. The van der Waals surface area contributed by atoms with E-state index in [9.17, 15) is 4.79 Å². The van der Waals surface area contributed by atoms with E-state index in [1.807, 2.05) is 19.9 Å². The molecule has 1 aromatic heterocycles. The van der Waals surface area contributed by atoms with Crippen molar-refractivity contribution in [1.29, 1.82) is 0 Å². The number of aromatic nitrogens is 1. The lowest BCUT2D eigenvalue weighted by molar-refractivity contribution is -0.138. The van der Waals surface area contributed by atoms with Crippen LogP contribution in [0.25, 0.3) is 6.08 Å². The second-order valence-electron chi connectivity index (χ2n) is 4.43. The van der Waals surface area contributed by atoms with Gasteiger partial charge in [0.2, 0.25) is 0 Å². The van der Waals surface area contributed by atoms with E-state index >= 15 is 0 Å². The number of aryl methyl sites for hydroxylation is 1. The summed E-state index contributed by atoms with van der Waals surface area (Å²) in [4.78, 5) is 15.8. The van der Waals surface area contributed by atoms with E-state index < -0.39 is 0 Å². The monoisotopic (exact) mass is 279 g/mol. The molecule has 0 spiro atoms. The van der Waals surface area contributed by atoms with Crippen molar-refractivity contribution >= 4 is 23.4 Å². The van der Waals surface area contributed by atoms with Gasteiger partial charge in [-0.25, -0.2) is 9.78 Å². The fourth-order valence-corrected chi connectivity index (χ4v) is 2.19. The van der Waals surface area contributed by atoms with Gasteiger partial charge in [0.05, 0.1) is 17.3 Å². The zero-order valence-electron chi connectivity index (χ0n) is 12.0. The number of nitrogens with zero attached hydrogens (tertiary/aromatic N) is 1. The van der Waals surface area contributed by atoms with Gasteiger partial charge in [-0.2, -0.15) is 0 Å². The quantitative estimate of drug-likeness (QED) is 0.580. The van der Waals surface area contributed by atoms with Gasteiger partial charge in [-0.05, 0) is 46.6 Å². The summed E-state index contributed by atoms with van der Waals surface area (Å²) in [6, 6.07) is 0. The predicted octanol–water partition coefficient (Wildman–Crippen LogP) is 4.14. The van der Waals surface area contributed by atoms with Crippen LogP contribution >= 0.6 is 11.3 Å². The number of rotatable bonds is 6. The van der Waals surface area contributed by atoms with E-state index in [4.69, 9.17) is 4.74 Å². The Balaban J connectivity index is 2.46. The molecule has 3 nitrogen and oxygen atoms in total. The standard InChI is InChI=1S/C15H21NO2S/c1-5-18-15(17)12(3)8-6-7-11(2)9-14-10-19-13(4)16-14/h8-10H,5-7H2,1-4H3/b11-9+,12-8-. The number of carbonyl (C=O) groups is 1. The predicted molar refractivity (Wildman–Crippen MR) is 80.1 cm³/mol. The van der Waals surface area contributed by atoms with Crippen molar-refractivity contribution in [1.82, 2.24) is 4.98 Å². The Morgan fingerprint density at radius 2 is 2.21 bits per heavy atom. The average molecular weight is 279 g/mol. The Kier molecular flexibility index (Phi) is 6.50. The highest BCUT2D eigenvalue weighted by Crippen LogP contribution is 2.15. The van der Waals surface area contributed by atoms with Gasteiger partial charge in [0.1, 0.15) is 0 Å². The SMILES string of the molecule is CCOC(=O)/C(C)=C\CC/C(C)=C/c1csc(C)n1. The highest BCUT2D eigenvalue weighted by molar-refractivity contribution is 7.09. The molecule has 0 radical (unpaired) electrons. The maximum Gasteiger partial charge on any atom is 0.333 e. The zero-order chi connectivity index (χ0) is 14.3. The summed E-state index contributed by atoms with van der Waals surface area (Å²) in [5.41, 5.74) is 2.96. The van der Waals surface area contributed by atoms with E-state index in [1.165, 1.54) is 5.57 Å². The van der Waals surface area contributed by atoms with Crippen molar-refractivity contribution < 1.29 is 9.53 Å². The summed E-state index contributed by atoms with van der Waals surface area (Å²) < 4.78 is 4.93. The lowest BCUT2D eigenvalue weighted by Crippen LogP contribution is -2.04. The van der Waals surface area contributed by atoms with Crippen molar-refractivity contribution in [3.05, 3.63) is 33.3 Å². The number of hydrogen-bond donors (Lipinski definition) is 0. The van der Waals surface area contributed by atoms with Crippen molar-refractivity contribution in [2.45, 2.75) is 40.5 Å². The molecule has 0 bridgehead atoms. The molecule has 1 heterocycles. The normalized spacial score (nSPS) is 12.6. The molecule has 0 saturated heterocycles. The smallest absolute Gasteiger partial charge is 0.333 e. The molecule has 0 amide bonds. The van der Waals surface area contributed by atoms with Gasteiger partial charge in [0, 0.05) is 11.0 Å². The maximum absolute atomic E-state index is 11.4. The summed E-state index contributed by atoms with van der Waals surface area (Å²) in [5.74, 6) is -0.223. The van der Waals surface area contributed by atoms with Crippen LogP contribution in [0.2, 0.25) is 0 Å². The number of allylic oxidation sites excluding steroid dienone is 2. The van der Waals surface area contributed by atoms with Crippen molar-refractivity contribution in [3.63, 3.8) is 0 Å². The first-order valence-corrected chi connectivity index (χ1v) is 7.34. The second-order valence-corrected chi connectivity index (χ2v) is 5.49. The van der Waals surface area contributed by atoms with Gasteiger partial charge in [0.15, 0.2) is 0 Å². The maximum atomic E-state index is 11.4. The molecule has 1 aromatic rings. The molecule has 0 saturated carbocycles. The lowest BCUT2D eigenvalue weighted by atomic mass is 10.1. The van der Waals surface area contributed by atoms with Crippen LogP contribution in [0.1, 0.15) is 44.3 Å². The molecule has 1 rings (SSSR count). The van der Waals surface area contributed by atoms with Crippen LogP contribution in [0.4, 0.5) is 0 Å². The third-order valence-electron chi connectivity index (χ3n) is 2.62. The van der Waals surface area contributed by atoms with Crippen LogP contribution in [0.15, 0.2) is 22.6 Å². The number of carbonyl (C=O) groups excluding carboxylic acids is 1. The van der Waals surface area contributed by atoms with E-state index in [-0.39, 0.29) is 5.97 Å². The van der Waals surface area contributed by atoms with Gasteiger partial charge in [-0.15, -0.1) is 11.3 Å². The molecule has 0 aliphatic heterocycles. The number of hydrogen-bond acceptors (Lipinski definition) is 4. The van der Waals surface area contributed by atoms with Crippen LogP contribution in [-0.4, -0.2) is 17.6 Å². The van der Waals surface area contributed by atoms with E-state index in [2.05, 4.69) is 23.4 Å². The van der Waals surface area contributed by atoms with Crippen LogP contribution in [-0.2, 0) is 9.53 Å². The molecule has 0 fully saturated rings. The largest absolute Gasteiger partial charge is 0.463 e. The fraction of sp³-hybridized carbons (Fsp3) is 0.467. The molecule has 19 heavy (non-hydrogen) atoms. The van der Waals surface area contributed by atoms with Crippen molar-refractivity contribution in [2.24, 2.45) is 0 Å². The van der Waals surface area contributed by atoms with E-state index in [1.54, 1.807) is 18.3 Å². The highest BCUT2D eigenvalue weighted by Gasteiger charge is 2.03. The second kappa shape index (κ2) is 7.89. The zero-order valence-corrected chi connectivity index (χ0v) is 12.8. The fourth-order valence-electron chi connectivity index (χ4n) is 1.62. The molecule has 0 aliphatic carbocycles. The molecular weight excluding hydrogens is 258 g/mol. The van der Waals surface area contributed by atoms with Crippen LogP contribution in [0.5, 0.6) is 0 Å². The first-order valence-electron chi connectivity index (χ1n) is 6.46. The Morgan fingerprint density at radius 3 is 2.79 bits per heavy atom. The van der Waals surface area contributed by atoms with E-state index in [0.717, 1.165) is 23.5 Å². The number of thiazole rings is 1. The Morgan fingerprint density at radius 1 is 1.47 bits per heavy atom. The molecule has 104 valence electrons. The first-order chi connectivity index (χ1) is 9.02. The molecule has 0 unspecified atom stereocenters. The molecular formula is C15H21NO2S. The molecule has 0 aliphatic rings. The minimum atomic E-state index is -0.223. The van der Waals surface area contributed by atoms with Crippen LogP contribution < -0.4 is 0 Å². The molecule has 4 heteroatoms. The first kappa shape index (κ1) is 15.6. The Hall–Kier alpha value is -1.42. The minimum Gasteiger partial charge on any atom is -0.463 e. The summed E-state index contributed by atoms with van der Waals surface area (Å²) in [7, 11) is 0. The third-order valence-corrected chi connectivity index (χ3v) is 3.41. The Labute approximate surface area is 119 Å². The van der Waals surface area contributed by atoms with Crippen molar-refractivity contribution in [3.8, 4) is 0 Å². The minimum absolute atomic E-state index is 0.223. The highest BCUT2D eigenvalue weighted by atomic mass is 32.1. The third kappa shape index (κ3) is 5.83. The summed E-state index contributed by atoms with van der Waals surface area (Å²) in [6.45, 7) is 8.12. The lowest BCUT2D eigenvalue weighted by Gasteiger charge is -2.02. The van der Waals surface area contributed by atoms with Gasteiger partial charge >= 0.3 is 5.97 Å². The molecule has 0 N–H and O–H groups in total. The van der Waals surface area contributed by atoms with Crippen LogP contribution in [0.3, 0.4) is 0 Å². The number of esters is 1. The van der Waals surface area contributed by atoms with Crippen LogP contribution in [0, 0.1) is 6.92 Å².